The van der Waals surface area contributed by atoms with Crippen molar-refractivity contribution >= 4 is 5.84 Å². The van der Waals surface area contributed by atoms with E-state index in [0.717, 1.165) is 0 Å². The Balaban J connectivity index is 2.78. The van der Waals surface area contributed by atoms with E-state index in [2.05, 4.69) is 51.4 Å². The van der Waals surface area contributed by atoms with Crippen molar-refractivity contribution in [2.24, 2.45) is 5.41 Å². The van der Waals surface area contributed by atoms with Crippen LogP contribution in [0.1, 0.15) is 20.8 Å². The second kappa shape index (κ2) is 2.23. The molecule has 1 fully saturated rings. The first-order valence-electron chi connectivity index (χ1n) is 4.12. The molecule has 0 amide bonds. The Kier molecular flexibility index (Phi) is 1.73. The Morgan fingerprint density at radius 3 is 1.82 bits per heavy atom. The zero-order chi connectivity index (χ0) is 8.81. The average Bonchev–Trinajstić information content (AvgIpc) is 2.38. The summed E-state index contributed by atoms with van der Waals surface area (Å²) in [5, 5.41) is 0. The molecule has 64 valence electrons. The number of amidine groups is 1. The minimum atomic E-state index is 0.383. The van der Waals surface area contributed by atoms with Gasteiger partial charge in [0.1, 0.15) is 0 Å². The van der Waals surface area contributed by atoms with Gasteiger partial charge in [0.25, 0.3) is 5.84 Å². The normalized spacial score (nSPS) is 24.0. The van der Waals surface area contributed by atoms with Crippen molar-refractivity contribution in [3.05, 3.63) is 0 Å². The second-order valence-corrected chi connectivity index (χ2v) is 4.63. The zero-order valence-corrected chi connectivity index (χ0v) is 8.47. The van der Waals surface area contributed by atoms with Crippen LogP contribution in [0.5, 0.6) is 0 Å². The number of likely N-dealkylation sites (N-methyl/N-ethyl adjacent to an activating group) is 1. The predicted molar refractivity (Wildman–Crippen MR) is 48.1 cm³/mol. The monoisotopic (exact) mass is 155 g/mol. The van der Waals surface area contributed by atoms with Gasteiger partial charge in [-0.15, -0.1) is 0 Å². The molecule has 2 nitrogen and oxygen atoms in total. The summed E-state index contributed by atoms with van der Waals surface area (Å²) in [6, 6.07) is 0.650. The molecule has 11 heavy (non-hydrogen) atoms. The van der Waals surface area contributed by atoms with Crippen molar-refractivity contribution < 1.29 is 4.58 Å². The molecule has 0 aromatic carbocycles. The predicted octanol–water partition coefficient (Wildman–Crippen LogP) is 1.02. The highest BCUT2D eigenvalue weighted by Gasteiger charge is 2.57. The number of hydrogen-bond acceptors (Lipinski definition) is 0. The van der Waals surface area contributed by atoms with Crippen molar-refractivity contribution in [3.8, 4) is 0 Å². The van der Waals surface area contributed by atoms with Gasteiger partial charge in [0, 0.05) is 5.41 Å². The molecule has 1 saturated heterocycles. The average molecular weight is 155 g/mol. The maximum absolute atomic E-state index is 2.33. The molecule has 0 aliphatic carbocycles. The molecule has 1 unspecified atom stereocenters. The molecule has 0 aromatic heterocycles. The lowest BCUT2D eigenvalue weighted by atomic mass is 9.92. The Hall–Kier alpha value is -0.530. The summed E-state index contributed by atoms with van der Waals surface area (Å²) in [7, 11) is 6.38. The summed E-state index contributed by atoms with van der Waals surface area (Å²) in [5.41, 5.74) is 0.383. The molecule has 0 aromatic rings. The lowest BCUT2D eigenvalue weighted by Gasteiger charge is -2.11. The van der Waals surface area contributed by atoms with Gasteiger partial charge in [0.2, 0.25) is 0 Å². The molecule has 1 aliphatic heterocycles. The first kappa shape index (κ1) is 8.57. The lowest BCUT2D eigenvalue weighted by Crippen LogP contribution is -2.18. The number of rotatable bonds is 0. The van der Waals surface area contributed by atoms with Crippen LogP contribution in [-0.4, -0.2) is 42.5 Å². The van der Waals surface area contributed by atoms with Crippen LogP contribution in [0.15, 0.2) is 0 Å². The van der Waals surface area contributed by atoms with Crippen LogP contribution in [-0.2, 0) is 0 Å². The lowest BCUT2D eigenvalue weighted by molar-refractivity contribution is -0.464. The van der Waals surface area contributed by atoms with Crippen molar-refractivity contribution in [1.29, 1.82) is 0 Å². The van der Waals surface area contributed by atoms with E-state index in [1.807, 2.05) is 0 Å². The molecule has 1 aliphatic rings. The van der Waals surface area contributed by atoms with Crippen molar-refractivity contribution in [3.63, 3.8) is 0 Å². The molecule has 0 saturated carbocycles. The van der Waals surface area contributed by atoms with E-state index in [1.54, 1.807) is 0 Å². The molecular formula is C9H19N2+. The Labute approximate surface area is 69.5 Å². The molecule has 0 bridgehead atoms. The maximum atomic E-state index is 2.33. The molecule has 1 rings (SSSR count). The molecule has 1 heterocycles. The van der Waals surface area contributed by atoms with Crippen LogP contribution in [0.2, 0.25) is 0 Å². The maximum Gasteiger partial charge on any atom is 0.293 e. The third-order valence-electron chi connectivity index (χ3n) is 2.20. The van der Waals surface area contributed by atoms with Crippen LogP contribution >= 0.6 is 0 Å². The summed E-state index contributed by atoms with van der Waals surface area (Å²) >= 11 is 0. The SMILES string of the molecule is CN1C(=[N+](C)C)C1C(C)(C)C. The van der Waals surface area contributed by atoms with E-state index in [-0.39, 0.29) is 0 Å². The van der Waals surface area contributed by atoms with Crippen LogP contribution in [0.25, 0.3) is 0 Å². The Bertz CT molecular complexity index is 194. The van der Waals surface area contributed by atoms with Gasteiger partial charge in [-0.05, 0) is 0 Å². The van der Waals surface area contributed by atoms with E-state index in [9.17, 15) is 0 Å². The second-order valence-electron chi connectivity index (χ2n) is 4.63. The van der Waals surface area contributed by atoms with Gasteiger partial charge in [-0.2, -0.15) is 0 Å². The largest absolute Gasteiger partial charge is 0.293 e. The summed E-state index contributed by atoms with van der Waals surface area (Å²) in [4.78, 5) is 2.33. The van der Waals surface area contributed by atoms with Crippen molar-refractivity contribution in [2.75, 3.05) is 21.1 Å². The van der Waals surface area contributed by atoms with Gasteiger partial charge in [0.15, 0.2) is 6.04 Å². The first-order valence-corrected chi connectivity index (χ1v) is 4.12. The minimum Gasteiger partial charge on any atom is -0.267 e. The molecule has 1 atom stereocenters. The summed E-state index contributed by atoms with van der Waals surface area (Å²) in [6.45, 7) is 6.85. The van der Waals surface area contributed by atoms with E-state index >= 15 is 0 Å². The fourth-order valence-corrected chi connectivity index (χ4v) is 1.80. The highest BCUT2D eigenvalue weighted by molar-refractivity contribution is 5.98. The molecule has 2 heteroatoms. The van der Waals surface area contributed by atoms with Crippen LogP contribution in [0, 0.1) is 5.41 Å². The third kappa shape index (κ3) is 1.39. The van der Waals surface area contributed by atoms with E-state index in [0.29, 0.717) is 11.5 Å². The van der Waals surface area contributed by atoms with Gasteiger partial charge in [-0.1, -0.05) is 20.8 Å². The Morgan fingerprint density at radius 1 is 1.27 bits per heavy atom. The first-order chi connectivity index (χ1) is 4.85. The molecular weight excluding hydrogens is 136 g/mol. The molecule has 0 N–H and O–H groups in total. The van der Waals surface area contributed by atoms with E-state index < -0.39 is 0 Å². The van der Waals surface area contributed by atoms with Gasteiger partial charge in [0.05, 0.1) is 21.1 Å². The topological polar surface area (TPSA) is 6.02 Å². The van der Waals surface area contributed by atoms with Gasteiger partial charge in [-0.3, -0.25) is 4.58 Å². The minimum absolute atomic E-state index is 0.383. The highest BCUT2D eigenvalue weighted by Crippen LogP contribution is 2.35. The molecule has 0 spiro atoms. The summed E-state index contributed by atoms with van der Waals surface area (Å²) < 4.78 is 2.20. The smallest absolute Gasteiger partial charge is 0.267 e. The number of hydrogen-bond donors (Lipinski definition) is 0. The zero-order valence-electron chi connectivity index (χ0n) is 8.47. The summed E-state index contributed by atoms with van der Waals surface area (Å²) in [5.74, 6) is 1.46. The number of nitrogens with zero attached hydrogens (tertiary/aromatic N) is 2. The van der Waals surface area contributed by atoms with Crippen LogP contribution in [0.3, 0.4) is 0 Å². The summed E-state index contributed by atoms with van der Waals surface area (Å²) in [6.07, 6.45) is 0. The van der Waals surface area contributed by atoms with E-state index in [4.69, 9.17) is 0 Å². The van der Waals surface area contributed by atoms with Crippen molar-refractivity contribution in [1.82, 2.24) is 4.90 Å². The molecule has 0 radical (unpaired) electrons. The Morgan fingerprint density at radius 2 is 1.73 bits per heavy atom. The van der Waals surface area contributed by atoms with Crippen molar-refractivity contribution in [2.45, 2.75) is 26.8 Å². The van der Waals surface area contributed by atoms with Gasteiger partial charge < -0.3 is 0 Å². The quantitative estimate of drug-likeness (QED) is 0.374. The standard InChI is InChI=1S/C9H19N2/c1-9(2,3)7-8(10(4)5)11(7)6/h7H,1-6H3/q+1. The van der Waals surface area contributed by atoms with Gasteiger partial charge in [-0.25, -0.2) is 4.90 Å². The fraction of sp³-hybridized carbons (Fsp3) is 0.889. The van der Waals surface area contributed by atoms with Crippen LogP contribution < -0.4 is 0 Å². The highest BCUT2D eigenvalue weighted by atomic mass is 15.4. The van der Waals surface area contributed by atoms with Gasteiger partial charge >= 0.3 is 0 Å². The van der Waals surface area contributed by atoms with Crippen LogP contribution in [0.4, 0.5) is 0 Å². The third-order valence-corrected chi connectivity index (χ3v) is 2.20. The van der Waals surface area contributed by atoms with E-state index in [1.165, 1.54) is 5.84 Å². The fourth-order valence-electron chi connectivity index (χ4n) is 1.80.